The zero-order valence-corrected chi connectivity index (χ0v) is 9.78. The van der Waals surface area contributed by atoms with E-state index in [0.717, 1.165) is 0 Å². The van der Waals surface area contributed by atoms with Crippen molar-refractivity contribution >= 4 is 21.9 Å². The van der Waals surface area contributed by atoms with Crippen molar-refractivity contribution in [3.8, 4) is 5.75 Å². The van der Waals surface area contributed by atoms with Crippen molar-refractivity contribution in [1.82, 2.24) is 0 Å². The Labute approximate surface area is 95.9 Å². The number of carbonyl (C=O) groups is 1. The highest BCUT2D eigenvalue weighted by molar-refractivity contribution is 9.10. The molecule has 0 aliphatic rings. The van der Waals surface area contributed by atoms with Crippen LogP contribution in [0, 0.1) is 0 Å². The summed E-state index contributed by atoms with van der Waals surface area (Å²) in [4.78, 5) is 11.3. The number of ether oxygens (including phenoxy) is 2. The lowest BCUT2D eigenvalue weighted by molar-refractivity contribution is 0.0599. The molecule has 1 aromatic carbocycles. The monoisotopic (exact) mass is 274 g/mol. The van der Waals surface area contributed by atoms with E-state index in [-0.39, 0.29) is 13.2 Å². The van der Waals surface area contributed by atoms with Gasteiger partial charge in [0.1, 0.15) is 12.4 Å². The summed E-state index contributed by atoms with van der Waals surface area (Å²) in [5.74, 6) is 0.0870. The zero-order valence-electron chi connectivity index (χ0n) is 8.20. The smallest absolute Gasteiger partial charge is 0.339 e. The van der Waals surface area contributed by atoms with E-state index in [1.54, 1.807) is 18.2 Å². The van der Waals surface area contributed by atoms with Crippen molar-refractivity contribution < 1.29 is 19.4 Å². The van der Waals surface area contributed by atoms with Gasteiger partial charge in [0.25, 0.3) is 0 Å². The van der Waals surface area contributed by atoms with E-state index in [1.165, 1.54) is 7.11 Å². The summed E-state index contributed by atoms with van der Waals surface area (Å²) in [6.45, 7) is 0.131. The fraction of sp³-hybridized carbons (Fsp3) is 0.300. The summed E-state index contributed by atoms with van der Waals surface area (Å²) in [5, 5.41) is 8.58. The van der Waals surface area contributed by atoms with E-state index < -0.39 is 5.97 Å². The van der Waals surface area contributed by atoms with Gasteiger partial charge in [0, 0.05) is 4.47 Å². The van der Waals surface area contributed by atoms with Crippen LogP contribution in [0.15, 0.2) is 22.7 Å². The van der Waals surface area contributed by atoms with Crippen LogP contribution in [-0.4, -0.2) is 31.4 Å². The van der Waals surface area contributed by atoms with Crippen molar-refractivity contribution in [3.05, 3.63) is 28.2 Å². The fourth-order valence-electron chi connectivity index (χ4n) is 1.02. The highest BCUT2D eigenvalue weighted by atomic mass is 79.9. The molecule has 15 heavy (non-hydrogen) atoms. The molecule has 4 nitrogen and oxygen atoms in total. The Kier molecular flexibility index (Phi) is 4.58. The van der Waals surface area contributed by atoms with Gasteiger partial charge in [-0.15, -0.1) is 0 Å². The van der Waals surface area contributed by atoms with E-state index in [4.69, 9.17) is 9.84 Å². The Morgan fingerprint density at radius 3 is 2.87 bits per heavy atom. The highest BCUT2D eigenvalue weighted by Gasteiger charge is 2.11. The molecule has 0 heterocycles. The normalized spacial score (nSPS) is 9.80. The molecule has 0 aliphatic heterocycles. The van der Waals surface area contributed by atoms with Gasteiger partial charge in [-0.2, -0.15) is 0 Å². The topological polar surface area (TPSA) is 55.8 Å². The minimum Gasteiger partial charge on any atom is -0.491 e. The van der Waals surface area contributed by atoms with E-state index in [0.29, 0.717) is 15.8 Å². The Bertz CT molecular complexity index is 351. The third-order valence-electron chi connectivity index (χ3n) is 1.70. The summed E-state index contributed by atoms with van der Waals surface area (Å²) in [6, 6.07) is 4.96. The summed E-state index contributed by atoms with van der Waals surface area (Å²) >= 11 is 3.23. The van der Waals surface area contributed by atoms with Gasteiger partial charge < -0.3 is 14.6 Å². The maximum atomic E-state index is 11.3. The lowest BCUT2D eigenvalue weighted by Crippen LogP contribution is -2.05. The number of hydrogen-bond donors (Lipinski definition) is 1. The standard InChI is InChI=1S/C10H11BrO4/c1-14-10(13)8-6-7(15-5-4-12)2-3-9(8)11/h2-3,6,12H,4-5H2,1H3. The molecule has 1 aromatic rings. The largest absolute Gasteiger partial charge is 0.491 e. The molecule has 1 N–H and O–H groups in total. The summed E-state index contributed by atoms with van der Waals surface area (Å²) in [7, 11) is 1.32. The Hall–Kier alpha value is -1.07. The van der Waals surface area contributed by atoms with Gasteiger partial charge in [-0.1, -0.05) is 0 Å². The molecule has 0 amide bonds. The molecule has 1 rings (SSSR count). The maximum Gasteiger partial charge on any atom is 0.339 e. The summed E-state index contributed by atoms with van der Waals surface area (Å²) in [6.07, 6.45) is 0. The fourth-order valence-corrected chi connectivity index (χ4v) is 1.43. The van der Waals surface area contributed by atoms with Gasteiger partial charge in [0.15, 0.2) is 0 Å². The van der Waals surface area contributed by atoms with Crippen molar-refractivity contribution in [2.45, 2.75) is 0 Å². The molecule has 0 saturated heterocycles. The van der Waals surface area contributed by atoms with E-state index in [2.05, 4.69) is 20.7 Å². The first-order valence-corrected chi connectivity index (χ1v) is 5.10. The first kappa shape index (κ1) is 12.0. The molecule has 0 aliphatic carbocycles. The number of esters is 1. The summed E-state index contributed by atoms with van der Waals surface area (Å²) in [5.41, 5.74) is 0.396. The number of aliphatic hydroxyl groups excluding tert-OH is 1. The van der Waals surface area contributed by atoms with Crippen LogP contribution in [0.3, 0.4) is 0 Å². The van der Waals surface area contributed by atoms with Crippen LogP contribution in [0.4, 0.5) is 0 Å². The summed E-state index contributed by atoms with van der Waals surface area (Å²) < 4.78 is 10.4. The van der Waals surface area contributed by atoms with Crippen LogP contribution in [0.1, 0.15) is 10.4 Å². The molecule has 5 heteroatoms. The molecule has 0 radical (unpaired) electrons. The molecule has 0 unspecified atom stereocenters. The SMILES string of the molecule is COC(=O)c1cc(OCCO)ccc1Br. The third kappa shape index (κ3) is 3.21. The number of halogens is 1. The third-order valence-corrected chi connectivity index (χ3v) is 2.39. The van der Waals surface area contributed by atoms with Gasteiger partial charge in [-0.3, -0.25) is 0 Å². The number of methoxy groups -OCH3 is 1. The van der Waals surface area contributed by atoms with Crippen LogP contribution in [-0.2, 0) is 4.74 Å². The average Bonchev–Trinajstić information content (AvgIpc) is 2.27. The quantitative estimate of drug-likeness (QED) is 0.848. The molecule has 0 fully saturated rings. The predicted molar refractivity (Wildman–Crippen MR) is 58.1 cm³/mol. The minimum atomic E-state index is -0.434. The van der Waals surface area contributed by atoms with Gasteiger partial charge in [0.2, 0.25) is 0 Å². The van der Waals surface area contributed by atoms with Gasteiger partial charge >= 0.3 is 5.97 Å². The van der Waals surface area contributed by atoms with Gasteiger partial charge in [0.05, 0.1) is 19.3 Å². The second-order valence-electron chi connectivity index (χ2n) is 2.71. The Morgan fingerprint density at radius 1 is 1.53 bits per heavy atom. The maximum absolute atomic E-state index is 11.3. The van der Waals surface area contributed by atoms with Gasteiger partial charge in [-0.25, -0.2) is 4.79 Å². The van der Waals surface area contributed by atoms with Crippen molar-refractivity contribution in [3.63, 3.8) is 0 Å². The predicted octanol–water partition coefficient (Wildman–Crippen LogP) is 1.61. The van der Waals surface area contributed by atoms with Crippen molar-refractivity contribution in [2.75, 3.05) is 20.3 Å². The van der Waals surface area contributed by atoms with Crippen LogP contribution in [0.2, 0.25) is 0 Å². The number of rotatable bonds is 4. The Morgan fingerprint density at radius 2 is 2.27 bits per heavy atom. The molecule has 0 bridgehead atoms. The van der Waals surface area contributed by atoms with Crippen LogP contribution >= 0.6 is 15.9 Å². The zero-order chi connectivity index (χ0) is 11.3. The van der Waals surface area contributed by atoms with Crippen molar-refractivity contribution in [2.24, 2.45) is 0 Å². The molecule has 0 spiro atoms. The molecule has 82 valence electrons. The molecule has 0 saturated carbocycles. The number of carbonyl (C=O) groups excluding carboxylic acids is 1. The van der Waals surface area contributed by atoms with Crippen LogP contribution < -0.4 is 4.74 Å². The number of hydrogen-bond acceptors (Lipinski definition) is 4. The average molecular weight is 275 g/mol. The Balaban J connectivity index is 2.89. The first-order chi connectivity index (χ1) is 7.19. The van der Waals surface area contributed by atoms with E-state index in [9.17, 15) is 4.79 Å². The molecule has 0 aromatic heterocycles. The van der Waals surface area contributed by atoms with Crippen LogP contribution in [0.5, 0.6) is 5.75 Å². The van der Waals surface area contributed by atoms with Crippen molar-refractivity contribution in [1.29, 1.82) is 0 Å². The number of aliphatic hydroxyl groups is 1. The minimum absolute atomic E-state index is 0.0659. The van der Waals surface area contributed by atoms with Gasteiger partial charge in [-0.05, 0) is 34.1 Å². The number of benzene rings is 1. The highest BCUT2D eigenvalue weighted by Crippen LogP contribution is 2.23. The van der Waals surface area contributed by atoms with E-state index >= 15 is 0 Å². The second kappa shape index (κ2) is 5.72. The van der Waals surface area contributed by atoms with E-state index in [1.807, 2.05) is 0 Å². The molecule has 0 atom stereocenters. The molecular formula is C10H11BrO4. The lowest BCUT2D eigenvalue weighted by atomic mass is 10.2. The second-order valence-corrected chi connectivity index (χ2v) is 3.56. The molecular weight excluding hydrogens is 264 g/mol. The van der Waals surface area contributed by atoms with Crippen LogP contribution in [0.25, 0.3) is 0 Å². The first-order valence-electron chi connectivity index (χ1n) is 4.30. The lowest BCUT2D eigenvalue weighted by Gasteiger charge is -2.07.